The minimum Gasteiger partial charge on any atom is -0.393 e. The molecule has 1 saturated carbocycles. The van der Waals surface area contributed by atoms with Crippen molar-refractivity contribution in [1.82, 2.24) is 5.32 Å². The molecule has 3 nitrogen and oxygen atoms in total. The second-order valence-corrected chi connectivity index (χ2v) is 4.74. The third-order valence-electron chi connectivity index (χ3n) is 2.79. The Morgan fingerprint density at radius 2 is 2.27 bits per heavy atom. The van der Waals surface area contributed by atoms with E-state index in [4.69, 9.17) is 18.0 Å². The molecule has 1 atom stereocenters. The predicted molar refractivity (Wildman–Crippen MR) is 65.5 cm³/mol. The maximum absolute atomic E-state index is 11.7. The van der Waals surface area contributed by atoms with E-state index in [9.17, 15) is 4.79 Å². The van der Waals surface area contributed by atoms with Crippen molar-refractivity contribution in [2.45, 2.75) is 39.0 Å². The van der Waals surface area contributed by atoms with Crippen molar-refractivity contribution in [2.75, 3.05) is 6.54 Å². The lowest BCUT2D eigenvalue weighted by molar-refractivity contribution is -0.123. The van der Waals surface area contributed by atoms with Crippen LogP contribution < -0.4 is 11.1 Å². The molecule has 0 saturated heterocycles. The summed E-state index contributed by atoms with van der Waals surface area (Å²) in [4.78, 5) is 12.0. The van der Waals surface area contributed by atoms with Crippen LogP contribution in [0.5, 0.6) is 0 Å². The number of nitrogens with two attached hydrogens (primary N) is 1. The summed E-state index contributed by atoms with van der Waals surface area (Å²) >= 11 is 4.89. The first-order valence-corrected chi connectivity index (χ1v) is 6.13. The topological polar surface area (TPSA) is 55.1 Å². The highest BCUT2D eigenvalue weighted by molar-refractivity contribution is 7.80. The molecule has 0 spiro atoms. The highest BCUT2D eigenvalue weighted by Gasteiger charge is 2.23. The minimum absolute atomic E-state index is 0.00463. The molecule has 15 heavy (non-hydrogen) atoms. The van der Waals surface area contributed by atoms with E-state index in [1.807, 2.05) is 6.92 Å². The monoisotopic (exact) mass is 228 g/mol. The lowest BCUT2D eigenvalue weighted by atomic mass is 10.0. The maximum Gasteiger partial charge on any atom is 0.229 e. The fraction of sp³-hybridized carbons (Fsp3) is 0.818. The molecule has 0 aromatic carbocycles. The van der Waals surface area contributed by atoms with Crippen molar-refractivity contribution in [3.63, 3.8) is 0 Å². The first-order chi connectivity index (χ1) is 7.15. The first kappa shape index (κ1) is 12.4. The van der Waals surface area contributed by atoms with E-state index in [0.717, 1.165) is 31.7 Å². The van der Waals surface area contributed by atoms with E-state index in [2.05, 4.69) is 5.32 Å². The smallest absolute Gasteiger partial charge is 0.229 e. The summed E-state index contributed by atoms with van der Waals surface area (Å²) in [5.74, 6) is 0.578. The van der Waals surface area contributed by atoms with Gasteiger partial charge in [0.2, 0.25) is 5.91 Å². The normalized spacial score (nSPS) is 17.1. The molecule has 1 unspecified atom stereocenters. The highest BCUT2D eigenvalue weighted by atomic mass is 32.1. The van der Waals surface area contributed by atoms with E-state index in [0.29, 0.717) is 4.99 Å². The molecule has 1 aliphatic carbocycles. The van der Waals surface area contributed by atoms with Gasteiger partial charge in [-0.15, -0.1) is 0 Å². The third kappa shape index (κ3) is 4.60. The average Bonchev–Trinajstić information content (AvgIpc) is 2.97. The zero-order valence-corrected chi connectivity index (χ0v) is 10.1. The van der Waals surface area contributed by atoms with Crippen LogP contribution in [0.4, 0.5) is 0 Å². The molecular weight excluding hydrogens is 208 g/mol. The van der Waals surface area contributed by atoms with Gasteiger partial charge in [-0.3, -0.25) is 4.79 Å². The van der Waals surface area contributed by atoms with Crippen molar-refractivity contribution in [1.29, 1.82) is 0 Å². The summed E-state index contributed by atoms with van der Waals surface area (Å²) in [5.41, 5.74) is 5.54. The van der Waals surface area contributed by atoms with Crippen LogP contribution in [0, 0.1) is 11.8 Å². The molecule has 1 rings (SSSR count). The van der Waals surface area contributed by atoms with E-state index < -0.39 is 0 Å². The Morgan fingerprint density at radius 3 is 2.73 bits per heavy atom. The summed E-state index contributed by atoms with van der Waals surface area (Å²) in [6.07, 6.45) is 5.43. The van der Waals surface area contributed by atoms with E-state index in [-0.39, 0.29) is 11.8 Å². The Labute approximate surface area is 96.8 Å². The van der Waals surface area contributed by atoms with E-state index in [1.54, 1.807) is 0 Å². The van der Waals surface area contributed by atoms with Gasteiger partial charge in [-0.05, 0) is 18.8 Å². The summed E-state index contributed by atoms with van der Waals surface area (Å²) in [5, 5.41) is 2.91. The molecule has 0 bridgehead atoms. The number of hydrogen-bond acceptors (Lipinski definition) is 2. The zero-order chi connectivity index (χ0) is 11.3. The van der Waals surface area contributed by atoms with Crippen LogP contribution in [0.15, 0.2) is 0 Å². The Morgan fingerprint density at radius 1 is 1.60 bits per heavy atom. The van der Waals surface area contributed by atoms with E-state index >= 15 is 0 Å². The molecule has 1 amide bonds. The number of thiocarbonyl (C=S) groups is 1. The number of nitrogens with one attached hydrogen (secondary N) is 1. The Kier molecular flexibility index (Phi) is 5.02. The van der Waals surface area contributed by atoms with Crippen molar-refractivity contribution in [3.8, 4) is 0 Å². The van der Waals surface area contributed by atoms with Gasteiger partial charge in [-0.25, -0.2) is 0 Å². The second-order valence-electron chi connectivity index (χ2n) is 4.27. The lowest BCUT2D eigenvalue weighted by Crippen LogP contribution is -2.38. The molecular formula is C11H20N2OS. The largest absolute Gasteiger partial charge is 0.393 e. The van der Waals surface area contributed by atoms with Crippen LogP contribution in [0.1, 0.15) is 39.0 Å². The fourth-order valence-corrected chi connectivity index (χ4v) is 1.85. The molecule has 0 aliphatic heterocycles. The van der Waals surface area contributed by atoms with Crippen molar-refractivity contribution >= 4 is 23.1 Å². The van der Waals surface area contributed by atoms with Gasteiger partial charge in [0.1, 0.15) is 0 Å². The van der Waals surface area contributed by atoms with Gasteiger partial charge in [0.05, 0.1) is 10.9 Å². The molecule has 0 aromatic rings. The van der Waals surface area contributed by atoms with Gasteiger partial charge < -0.3 is 11.1 Å². The molecule has 0 heterocycles. The number of hydrogen-bond donors (Lipinski definition) is 2. The summed E-state index contributed by atoms with van der Waals surface area (Å²) in [6, 6.07) is 0. The zero-order valence-electron chi connectivity index (χ0n) is 9.29. The van der Waals surface area contributed by atoms with Crippen molar-refractivity contribution in [3.05, 3.63) is 0 Å². The van der Waals surface area contributed by atoms with Crippen LogP contribution in [0.25, 0.3) is 0 Å². The number of amides is 1. The molecule has 0 radical (unpaired) electrons. The van der Waals surface area contributed by atoms with E-state index in [1.165, 1.54) is 12.8 Å². The van der Waals surface area contributed by atoms with Gasteiger partial charge in [0.15, 0.2) is 0 Å². The van der Waals surface area contributed by atoms with Gasteiger partial charge >= 0.3 is 0 Å². The number of carbonyl (C=O) groups is 1. The van der Waals surface area contributed by atoms with Crippen LogP contribution in [0.3, 0.4) is 0 Å². The summed E-state index contributed by atoms with van der Waals surface area (Å²) in [6.45, 7) is 2.80. The van der Waals surface area contributed by atoms with Crippen LogP contribution in [-0.2, 0) is 4.79 Å². The lowest BCUT2D eigenvalue weighted by Gasteiger charge is -2.14. The van der Waals surface area contributed by atoms with Crippen LogP contribution in [0.2, 0.25) is 0 Å². The SMILES string of the molecule is CCCC(C(=O)NCCC1CC1)C(N)=S. The Balaban J connectivity index is 2.23. The number of carbonyl (C=O) groups excluding carboxylic acids is 1. The van der Waals surface area contributed by atoms with Crippen molar-refractivity contribution < 1.29 is 4.79 Å². The fourth-order valence-electron chi connectivity index (χ4n) is 1.62. The van der Waals surface area contributed by atoms with Crippen LogP contribution >= 0.6 is 12.2 Å². The molecule has 1 fully saturated rings. The maximum atomic E-state index is 11.7. The summed E-state index contributed by atoms with van der Waals surface area (Å²) < 4.78 is 0. The molecule has 86 valence electrons. The quantitative estimate of drug-likeness (QED) is 0.651. The van der Waals surface area contributed by atoms with Gasteiger partial charge in [-0.1, -0.05) is 38.4 Å². The van der Waals surface area contributed by atoms with Gasteiger partial charge in [-0.2, -0.15) is 0 Å². The molecule has 0 aromatic heterocycles. The summed E-state index contributed by atoms with van der Waals surface area (Å²) in [7, 11) is 0. The van der Waals surface area contributed by atoms with Crippen molar-refractivity contribution in [2.24, 2.45) is 17.6 Å². The van der Waals surface area contributed by atoms with Gasteiger partial charge in [0, 0.05) is 6.54 Å². The predicted octanol–water partition coefficient (Wildman–Crippen LogP) is 1.61. The standard InChI is InChI=1S/C11H20N2OS/c1-2-3-9(10(12)15)11(14)13-7-6-8-4-5-8/h8-9H,2-7H2,1H3,(H2,12,15)(H,13,14). The minimum atomic E-state index is -0.274. The first-order valence-electron chi connectivity index (χ1n) is 5.72. The number of rotatable bonds is 7. The second kappa shape index (κ2) is 6.05. The highest BCUT2D eigenvalue weighted by Crippen LogP contribution is 2.31. The average molecular weight is 228 g/mol. The Bertz CT molecular complexity index is 239. The van der Waals surface area contributed by atoms with Crippen LogP contribution in [-0.4, -0.2) is 17.4 Å². The molecule has 1 aliphatic rings. The molecule has 4 heteroatoms. The third-order valence-corrected chi connectivity index (χ3v) is 3.07. The Hall–Kier alpha value is -0.640. The molecule has 3 N–H and O–H groups in total. The van der Waals surface area contributed by atoms with Gasteiger partial charge in [0.25, 0.3) is 0 Å².